The summed E-state index contributed by atoms with van der Waals surface area (Å²) in [7, 11) is 0. The SMILES string of the molecule is CCCNc1ncc(-c2cc(-c3cc(OCCC(C)(C)C)ccc3Br)nc(-c3cnccn3)n2)s1. The zero-order valence-electron chi connectivity index (χ0n) is 20.4. The largest absolute Gasteiger partial charge is 0.494 e. The molecular weight excluding hydrogens is 524 g/mol. The van der Waals surface area contributed by atoms with Gasteiger partial charge in [-0.15, -0.1) is 0 Å². The summed E-state index contributed by atoms with van der Waals surface area (Å²) in [6, 6.07) is 7.96. The molecule has 182 valence electrons. The van der Waals surface area contributed by atoms with E-state index in [0.29, 0.717) is 18.1 Å². The first-order chi connectivity index (χ1) is 16.8. The van der Waals surface area contributed by atoms with Gasteiger partial charge in [-0.1, -0.05) is 55.0 Å². The number of nitrogens with zero attached hydrogens (tertiary/aromatic N) is 5. The molecular formula is C26H29BrN6OS. The quantitative estimate of drug-likeness (QED) is 0.236. The molecule has 0 amide bonds. The van der Waals surface area contributed by atoms with E-state index in [1.807, 2.05) is 30.5 Å². The smallest absolute Gasteiger partial charge is 0.183 e. The molecule has 4 aromatic rings. The molecule has 1 aromatic carbocycles. The summed E-state index contributed by atoms with van der Waals surface area (Å²) < 4.78 is 6.99. The van der Waals surface area contributed by atoms with Gasteiger partial charge in [0.1, 0.15) is 11.4 Å². The van der Waals surface area contributed by atoms with Gasteiger partial charge in [-0.2, -0.15) is 0 Å². The van der Waals surface area contributed by atoms with Crippen molar-refractivity contribution in [1.82, 2.24) is 24.9 Å². The summed E-state index contributed by atoms with van der Waals surface area (Å²) in [6.45, 7) is 10.3. The Hall–Kier alpha value is -2.91. The molecule has 0 unspecified atom stereocenters. The first-order valence-corrected chi connectivity index (χ1v) is 13.2. The van der Waals surface area contributed by atoms with Crippen molar-refractivity contribution in [3.63, 3.8) is 0 Å². The average Bonchev–Trinajstić information content (AvgIpc) is 3.32. The molecule has 0 radical (unpaired) electrons. The van der Waals surface area contributed by atoms with Crippen molar-refractivity contribution in [3.05, 3.63) is 53.5 Å². The van der Waals surface area contributed by atoms with E-state index >= 15 is 0 Å². The van der Waals surface area contributed by atoms with E-state index in [9.17, 15) is 0 Å². The highest BCUT2D eigenvalue weighted by Gasteiger charge is 2.16. The van der Waals surface area contributed by atoms with E-state index in [-0.39, 0.29) is 5.41 Å². The molecule has 0 atom stereocenters. The van der Waals surface area contributed by atoms with Crippen molar-refractivity contribution in [2.24, 2.45) is 5.41 Å². The Kier molecular flexibility index (Phi) is 8.07. The van der Waals surface area contributed by atoms with Crippen LogP contribution in [0.3, 0.4) is 0 Å². The molecule has 0 aliphatic rings. The number of hydrogen-bond acceptors (Lipinski definition) is 8. The van der Waals surface area contributed by atoms with E-state index in [4.69, 9.17) is 14.7 Å². The molecule has 3 heterocycles. The minimum atomic E-state index is 0.213. The number of thiazole rings is 1. The zero-order chi connectivity index (χ0) is 24.8. The highest BCUT2D eigenvalue weighted by Crippen LogP contribution is 2.35. The molecule has 0 fully saturated rings. The lowest BCUT2D eigenvalue weighted by atomic mass is 9.93. The molecule has 0 bridgehead atoms. The standard InChI is InChI=1S/C26H29BrN6OS/c1-5-9-30-25-31-16-23(35-25)21-14-20(32-24(33-21)22-15-28-10-11-29-22)18-13-17(6-7-19(18)27)34-12-8-26(2,3)4/h6-7,10-11,13-16H,5,8-9,12H2,1-4H3,(H,30,31). The Morgan fingerprint density at radius 3 is 2.57 bits per heavy atom. The number of anilines is 1. The van der Waals surface area contributed by atoms with E-state index in [2.05, 4.69) is 63.9 Å². The van der Waals surface area contributed by atoms with E-state index < -0.39 is 0 Å². The second-order valence-electron chi connectivity index (χ2n) is 9.31. The number of hydrogen-bond donors (Lipinski definition) is 1. The van der Waals surface area contributed by atoms with Gasteiger partial charge in [-0.25, -0.2) is 19.9 Å². The van der Waals surface area contributed by atoms with Gasteiger partial charge in [0.15, 0.2) is 11.0 Å². The third kappa shape index (κ3) is 6.82. The highest BCUT2D eigenvalue weighted by atomic mass is 79.9. The third-order valence-electron chi connectivity index (χ3n) is 5.14. The number of benzene rings is 1. The fourth-order valence-corrected chi connectivity index (χ4v) is 4.46. The van der Waals surface area contributed by atoms with Crippen LogP contribution in [0, 0.1) is 5.41 Å². The van der Waals surface area contributed by atoms with Crippen LogP contribution < -0.4 is 10.1 Å². The van der Waals surface area contributed by atoms with E-state index in [1.54, 1.807) is 29.9 Å². The monoisotopic (exact) mass is 552 g/mol. The van der Waals surface area contributed by atoms with Crippen LogP contribution in [0.1, 0.15) is 40.5 Å². The lowest BCUT2D eigenvalue weighted by Gasteiger charge is -2.18. The topological polar surface area (TPSA) is 85.7 Å². The molecule has 0 spiro atoms. The van der Waals surface area contributed by atoms with Crippen molar-refractivity contribution in [3.8, 4) is 39.1 Å². The van der Waals surface area contributed by atoms with Gasteiger partial charge < -0.3 is 10.1 Å². The van der Waals surface area contributed by atoms with Crippen molar-refractivity contribution in [2.75, 3.05) is 18.5 Å². The molecule has 4 rings (SSSR count). The van der Waals surface area contributed by atoms with Gasteiger partial charge in [0.05, 0.1) is 29.1 Å². The van der Waals surface area contributed by atoms with Crippen molar-refractivity contribution >= 4 is 32.4 Å². The maximum atomic E-state index is 6.07. The first-order valence-electron chi connectivity index (χ1n) is 11.6. The third-order valence-corrected chi connectivity index (χ3v) is 6.81. The highest BCUT2D eigenvalue weighted by molar-refractivity contribution is 9.10. The van der Waals surface area contributed by atoms with Crippen LogP contribution in [0.15, 0.2) is 53.5 Å². The van der Waals surface area contributed by atoms with Crippen molar-refractivity contribution in [1.29, 1.82) is 0 Å². The number of nitrogens with one attached hydrogen (secondary N) is 1. The Balaban J connectivity index is 1.73. The van der Waals surface area contributed by atoms with Crippen LogP contribution in [0.2, 0.25) is 0 Å². The van der Waals surface area contributed by atoms with Gasteiger partial charge in [0.25, 0.3) is 0 Å². The van der Waals surface area contributed by atoms with Crippen LogP contribution in [-0.2, 0) is 0 Å². The molecule has 0 aliphatic carbocycles. The normalized spacial score (nSPS) is 11.5. The zero-order valence-corrected chi connectivity index (χ0v) is 22.8. The lowest BCUT2D eigenvalue weighted by Crippen LogP contribution is -2.11. The fourth-order valence-electron chi connectivity index (χ4n) is 3.21. The maximum absolute atomic E-state index is 6.07. The molecule has 9 heteroatoms. The number of rotatable bonds is 9. The number of aromatic nitrogens is 5. The number of halogens is 1. The predicted octanol–water partition coefficient (Wildman–Crippen LogP) is 7.12. The van der Waals surface area contributed by atoms with Crippen molar-refractivity contribution in [2.45, 2.75) is 40.5 Å². The van der Waals surface area contributed by atoms with Crippen LogP contribution in [0.25, 0.3) is 33.3 Å². The molecule has 3 aromatic heterocycles. The summed E-state index contributed by atoms with van der Waals surface area (Å²) in [5, 5.41) is 4.21. The second kappa shape index (κ2) is 11.2. The summed E-state index contributed by atoms with van der Waals surface area (Å²) >= 11 is 5.27. The second-order valence-corrected chi connectivity index (χ2v) is 11.2. The Morgan fingerprint density at radius 2 is 1.83 bits per heavy atom. The maximum Gasteiger partial charge on any atom is 0.183 e. The van der Waals surface area contributed by atoms with Gasteiger partial charge >= 0.3 is 0 Å². The molecule has 35 heavy (non-hydrogen) atoms. The van der Waals surface area contributed by atoms with Gasteiger partial charge in [0.2, 0.25) is 0 Å². The van der Waals surface area contributed by atoms with E-state index in [1.165, 1.54) is 0 Å². The summed E-state index contributed by atoms with van der Waals surface area (Å²) in [5.74, 6) is 1.31. The lowest BCUT2D eigenvalue weighted by molar-refractivity contribution is 0.243. The Morgan fingerprint density at radius 1 is 1.00 bits per heavy atom. The Bertz CT molecular complexity index is 1270. The fraction of sp³-hybridized carbons (Fsp3) is 0.346. The molecule has 0 aliphatic heterocycles. The minimum absolute atomic E-state index is 0.213. The van der Waals surface area contributed by atoms with Gasteiger partial charge in [0, 0.05) is 35.2 Å². The summed E-state index contributed by atoms with van der Waals surface area (Å²) in [4.78, 5) is 23.7. The Labute approximate surface area is 218 Å². The minimum Gasteiger partial charge on any atom is -0.494 e. The molecule has 0 saturated heterocycles. The summed E-state index contributed by atoms with van der Waals surface area (Å²) in [6.07, 6.45) is 8.79. The van der Waals surface area contributed by atoms with Gasteiger partial charge in [-0.3, -0.25) is 4.98 Å². The van der Waals surface area contributed by atoms with Crippen LogP contribution in [-0.4, -0.2) is 38.1 Å². The average molecular weight is 554 g/mol. The molecule has 1 N–H and O–H groups in total. The van der Waals surface area contributed by atoms with Crippen molar-refractivity contribution < 1.29 is 4.74 Å². The van der Waals surface area contributed by atoms with Crippen LogP contribution in [0.4, 0.5) is 5.13 Å². The first kappa shape index (κ1) is 25.2. The predicted molar refractivity (Wildman–Crippen MR) is 146 cm³/mol. The van der Waals surface area contributed by atoms with E-state index in [0.717, 1.165) is 56.6 Å². The van der Waals surface area contributed by atoms with Crippen LogP contribution >= 0.6 is 27.3 Å². The molecule has 7 nitrogen and oxygen atoms in total. The van der Waals surface area contributed by atoms with Crippen LogP contribution in [0.5, 0.6) is 5.75 Å². The van der Waals surface area contributed by atoms with Gasteiger partial charge in [-0.05, 0) is 42.5 Å². The molecule has 0 saturated carbocycles. The summed E-state index contributed by atoms with van der Waals surface area (Å²) in [5.41, 5.74) is 3.29. The number of ether oxygens (including phenoxy) is 1.